The van der Waals surface area contributed by atoms with Crippen LogP contribution in [0.5, 0.6) is 0 Å². The van der Waals surface area contributed by atoms with E-state index >= 15 is 0 Å². The van der Waals surface area contributed by atoms with Crippen molar-refractivity contribution in [3.05, 3.63) is 46.0 Å². The molecule has 1 unspecified atom stereocenters. The first-order chi connectivity index (χ1) is 8.70. The number of nitrogens with one attached hydrogen (secondary N) is 1. The highest BCUT2D eigenvalue weighted by molar-refractivity contribution is 7.07. The highest BCUT2D eigenvalue weighted by atomic mass is 32.1. The number of hydrogen-bond donors (Lipinski definition) is 1. The Hall–Kier alpha value is -1.59. The zero-order chi connectivity index (χ0) is 13.0. The van der Waals surface area contributed by atoms with E-state index in [4.69, 9.17) is 4.42 Å². The number of hydrogen-bond acceptors (Lipinski definition) is 5. The van der Waals surface area contributed by atoms with Gasteiger partial charge in [0.15, 0.2) is 0 Å². The van der Waals surface area contributed by atoms with Gasteiger partial charge in [0.25, 0.3) is 0 Å². The van der Waals surface area contributed by atoms with Crippen molar-refractivity contribution in [3.63, 3.8) is 0 Å². The molecule has 0 aromatic carbocycles. The van der Waals surface area contributed by atoms with Crippen molar-refractivity contribution in [1.82, 2.24) is 5.32 Å². The Morgan fingerprint density at radius 2 is 2.33 bits per heavy atom. The molecule has 0 saturated heterocycles. The molecule has 0 spiro atoms. The van der Waals surface area contributed by atoms with E-state index in [0.717, 1.165) is 5.76 Å². The van der Waals surface area contributed by atoms with Gasteiger partial charge in [0.1, 0.15) is 5.76 Å². The van der Waals surface area contributed by atoms with Gasteiger partial charge < -0.3 is 14.5 Å². The van der Waals surface area contributed by atoms with Crippen LogP contribution in [0.4, 0.5) is 0 Å². The van der Waals surface area contributed by atoms with Crippen LogP contribution < -0.4 is 5.32 Å². The summed E-state index contributed by atoms with van der Waals surface area (Å²) in [5.74, 6) is 0.502. The molecule has 0 radical (unpaired) electrons. The maximum absolute atomic E-state index is 11.2. The predicted octanol–water partition coefficient (Wildman–Crippen LogP) is 2.98. The van der Waals surface area contributed by atoms with E-state index in [-0.39, 0.29) is 11.8 Å². The van der Waals surface area contributed by atoms with Crippen molar-refractivity contribution in [1.29, 1.82) is 0 Å². The third kappa shape index (κ3) is 3.00. The Morgan fingerprint density at radius 3 is 3.00 bits per heavy atom. The van der Waals surface area contributed by atoms with Gasteiger partial charge in [-0.1, -0.05) is 0 Å². The summed E-state index contributed by atoms with van der Waals surface area (Å²) in [6.45, 7) is 2.67. The summed E-state index contributed by atoms with van der Waals surface area (Å²) in [6.07, 6.45) is 0. The van der Waals surface area contributed by atoms with Crippen LogP contribution in [0.25, 0.3) is 0 Å². The Balaban J connectivity index is 1.90. The van der Waals surface area contributed by atoms with E-state index in [1.165, 1.54) is 12.7 Å². The van der Waals surface area contributed by atoms with Gasteiger partial charge in [-0.3, -0.25) is 0 Å². The molecule has 0 aliphatic carbocycles. The van der Waals surface area contributed by atoms with Crippen molar-refractivity contribution in [2.75, 3.05) is 7.11 Å². The molecule has 2 aromatic rings. The van der Waals surface area contributed by atoms with E-state index < -0.39 is 5.97 Å². The molecular weight excluding hydrogens is 250 g/mol. The molecule has 96 valence electrons. The minimum absolute atomic E-state index is 0.234. The van der Waals surface area contributed by atoms with Crippen molar-refractivity contribution in [3.8, 4) is 0 Å². The van der Waals surface area contributed by atoms with Gasteiger partial charge in [-0.05, 0) is 41.4 Å². The topological polar surface area (TPSA) is 51.5 Å². The van der Waals surface area contributed by atoms with Crippen LogP contribution in [0.15, 0.2) is 33.4 Å². The molecule has 0 bridgehead atoms. The van der Waals surface area contributed by atoms with Crippen LogP contribution >= 0.6 is 11.3 Å². The zero-order valence-electron chi connectivity index (χ0n) is 10.3. The molecule has 1 atom stereocenters. The quantitative estimate of drug-likeness (QED) is 0.844. The molecule has 18 heavy (non-hydrogen) atoms. The molecule has 5 heteroatoms. The molecule has 1 N–H and O–H groups in total. The highest BCUT2D eigenvalue weighted by Gasteiger charge is 2.12. The van der Waals surface area contributed by atoms with Gasteiger partial charge >= 0.3 is 5.97 Å². The molecule has 0 fully saturated rings. The molecule has 2 rings (SSSR count). The first-order valence-electron chi connectivity index (χ1n) is 5.63. The van der Waals surface area contributed by atoms with Gasteiger partial charge in [-0.25, -0.2) is 4.79 Å². The Kier molecular flexibility index (Phi) is 4.17. The van der Waals surface area contributed by atoms with Crippen LogP contribution in [-0.2, 0) is 11.3 Å². The normalized spacial score (nSPS) is 12.3. The average molecular weight is 265 g/mol. The van der Waals surface area contributed by atoms with Crippen LogP contribution in [-0.4, -0.2) is 13.1 Å². The lowest BCUT2D eigenvalue weighted by Crippen LogP contribution is -2.17. The maximum Gasteiger partial charge on any atom is 0.373 e. The van der Waals surface area contributed by atoms with Crippen molar-refractivity contribution in [2.45, 2.75) is 19.5 Å². The number of methoxy groups -OCH3 is 1. The van der Waals surface area contributed by atoms with E-state index in [9.17, 15) is 4.79 Å². The summed E-state index contributed by atoms with van der Waals surface area (Å²) >= 11 is 1.68. The van der Waals surface area contributed by atoms with E-state index in [1.54, 1.807) is 23.5 Å². The second-order valence-corrected chi connectivity index (χ2v) is 4.70. The number of carbonyl (C=O) groups is 1. The first-order valence-corrected chi connectivity index (χ1v) is 6.57. The van der Waals surface area contributed by atoms with Gasteiger partial charge in [-0.2, -0.15) is 11.3 Å². The van der Waals surface area contributed by atoms with Crippen LogP contribution in [0.3, 0.4) is 0 Å². The lowest BCUT2D eigenvalue weighted by atomic mass is 10.2. The van der Waals surface area contributed by atoms with E-state index in [1.807, 2.05) is 0 Å². The number of thiophene rings is 1. The number of esters is 1. The van der Waals surface area contributed by atoms with Crippen LogP contribution in [0, 0.1) is 0 Å². The number of carbonyl (C=O) groups excluding carboxylic acids is 1. The molecule has 0 aliphatic rings. The standard InChI is InChI=1S/C13H15NO3S/c1-9(10-5-6-18-8-10)14-7-11-3-4-12(17-11)13(15)16-2/h3-6,8-9,14H,7H2,1-2H3. The third-order valence-corrected chi connectivity index (χ3v) is 3.38. The smallest absolute Gasteiger partial charge is 0.373 e. The molecule has 2 heterocycles. The van der Waals surface area contributed by atoms with Crippen molar-refractivity contribution >= 4 is 17.3 Å². The summed E-state index contributed by atoms with van der Waals surface area (Å²) in [4.78, 5) is 11.2. The monoisotopic (exact) mass is 265 g/mol. The van der Waals surface area contributed by atoms with Crippen molar-refractivity contribution in [2.24, 2.45) is 0 Å². The molecule has 0 saturated carbocycles. The molecule has 0 aliphatic heterocycles. The second-order valence-electron chi connectivity index (χ2n) is 3.92. The predicted molar refractivity (Wildman–Crippen MR) is 69.6 cm³/mol. The minimum atomic E-state index is -0.452. The number of ether oxygens (including phenoxy) is 1. The summed E-state index contributed by atoms with van der Waals surface area (Å²) in [7, 11) is 1.33. The Morgan fingerprint density at radius 1 is 1.50 bits per heavy atom. The fourth-order valence-electron chi connectivity index (χ4n) is 1.58. The zero-order valence-corrected chi connectivity index (χ0v) is 11.1. The number of rotatable bonds is 5. The van der Waals surface area contributed by atoms with Gasteiger partial charge in [-0.15, -0.1) is 0 Å². The van der Waals surface area contributed by atoms with E-state index in [0.29, 0.717) is 6.54 Å². The molecular formula is C13H15NO3S. The fourth-order valence-corrected chi connectivity index (χ4v) is 2.33. The van der Waals surface area contributed by atoms with Gasteiger partial charge in [0.2, 0.25) is 5.76 Å². The lowest BCUT2D eigenvalue weighted by Gasteiger charge is -2.10. The first kappa shape index (κ1) is 12.9. The van der Waals surface area contributed by atoms with Crippen LogP contribution in [0.2, 0.25) is 0 Å². The summed E-state index contributed by atoms with van der Waals surface area (Å²) in [5.41, 5.74) is 1.25. The molecule has 0 amide bonds. The fraction of sp³-hybridized carbons (Fsp3) is 0.308. The van der Waals surface area contributed by atoms with E-state index in [2.05, 4.69) is 33.8 Å². The molecule has 2 aromatic heterocycles. The average Bonchev–Trinajstić information content (AvgIpc) is 3.05. The second kappa shape index (κ2) is 5.84. The molecule has 4 nitrogen and oxygen atoms in total. The van der Waals surface area contributed by atoms with Gasteiger partial charge in [0.05, 0.1) is 13.7 Å². The Labute approximate surface area is 110 Å². The SMILES string of the molecule is COC(=O)c1ccc(CNC(C)c2ccsc2)o1. The van der Waals surface area contributed by atoms with Crippen LogP contribution in [0.1, 0.15) is 34.8 Å². The maximum atomic E-state index is 11.2. The van der Waals surface area contributed by atoms with Gasteiger partial charge in [0, 0.05) is 6.04 Å². The largest absolute Gasteiger partial charge is 0.463 e. The minimum Gasteiger partial charge on any atom is -0.463 e. The summed E-state index contributed by atoms with van der Waals surface area (Å²) < 4.78 is 9.95. The Bertz CT molecular complexity index is 504. The summed E-state index contributed by atoms with van der Waals surface area (Å²) in [6, 6.07) is 5.74. The third-order valence-electron chi connectivity index (χ3n) is 2.67. The lowest BCUT2D eigenvalue weighted by molar-refractivity contribution is 0.0563. The summed E-state index contributed by atoms with van der Waals surface area (Å²) in [5, 5.41) is 7.49. The van der Waals surface area contributed by atoms with Crippen molar-refractivity contribution < 1.29 is 13.9 Å². The number of furan rings is 1. The highest BCUT2D eigenvalue weighted by Crippen LogP contribution is 2.16.